The molecular formula is C9H9ClN2O3S. The summed E-state index contributed by atoms with van der Waals surface area (Å²) in [5.74, 6) is 0.390. The number of nitrogens with one attached hydrogen (secondary N) is 1. The topological polar surface area (TPSA) is 79.2 Å². The smallest absolute Gasteiger partial charge is 0.241 e. The van der Waals surface area contributed by atoms with Gasteiger partial charge in [-0.2, -0.15) is 9.98 Å². The minimum Gasteiger partial charge on any atom is -0.495 e. The Morgan fingerprint density at radius 2 is 2.25 bits per heavy atom. The largest absolute Gasteiger partial charge is 0.495 e. The van der Waals surface area contributed by atoms with Crippen LogP contribution in [0, 0.1) is 11.3 Å². The monoisotopic (exact) mass is 260 g/mol. The number of hydrogen-bond acceptors (Lipinski definition) is 4. The quantitative estimate of drug-likeness (QED) is 0.824. The van der Waals surface area contributed by atoms with Crippen molar-refractivity contribution in [2.75, 3.05) is 13.7 Å². The van der Waals surface area contributed by atoms with Gasteiger partial charge in [-0.1, -0.05) is 11.6 Å². The zero-order chi connectivity index (χ0) is 12.2. The lowest BCUT2D eigenvalue weighted by Crippen LogP contribution is -2.23. The Hall–Kier alpha value is -1.29. The summed E-state index contributed by atoms with van der Waals surface area (Å²) in [4.78, 5) is -0.00597. The van der Waals surface area contributed by atoms with Gasteiger partial charge in [0.25, 0.3) is 0 Å². The van der Waals surface area contributed by atoms with Crippen LogP contribution in [0.4, 0.5) is 0 Å². The Labute approximate surface area is 98.6 Å². The van der Waals surface area contributed by atoms with Gasteiger partial charge in [-0.3, -0.25) is 0 Å². The van der Waals surface area contributed by atoms with Gasteiger partial charge in [-0.25, -0.2) is 8.42 Å². The molecule has 0 fully saturated rings. The third-order valence-electron chi connectivity index (χ3n) is 1.77. The number of nitrogens with zero attached hydrogens (tertiary/aromatic N) is 1. The standard InChI is InChI=1S/C9H9ClN2O3S/c1-15-9-3-2-7(6-8(9)10)16(13,14)12-5-4-11/h2-3,6,12H,5H2,1H3. The van der Waals surface area contributed by atoms with Crippen molar-refractivity contribution in [1.29, 1.82) is 5.26 Å². The first-order valence-electron chi connectivity index (χ1n) is 4.21. The molecule has 0 aliphatic rings. The molecule has 0 bridgehead atoms. The van der Waals surface area contributed by atoms with E-state index in [4.69, 9.17) is 21.6 Å². The van der Waals surface area contributed by atoms with Crippen LogP contribution in [0.15, 0.2) is 23.1 Å². The molecule has 7 heteroatoms. The normalized spacial score (nSPS) is 10.8. The molecule has 0 saturated heterocycles. The van der Waals surface area contributed by atoms with E-state index in [9.17, 15) is 8.42 Å². The molecule has 0 heterocycles. The van der Waals surface area contributed by atoms with Crippen molar-refractivity contribution >= 4 is 21.6 Å². The van der Waals surface area contributed by atoms with E-state index in [-0.39, 0.29) is 16.5 Å². The summed E-state index contributed by atoms with van der Waals surface area (Å²) in [6.07, 6.45) is 0. The predicted octanol–water partition coefficient (Wildman–Crippen LogP) is 1.15. The molecule has 1 aromatic rings. The lowest BCUT2D eigenvalue weighted by Gasteiger charge is -2.06. The Bertz CT molecular complexity index is 522. The minimum absolute atomic E-state index is 0.00597. The molecule has 0 aliphatic carbocycles. The zero-order valence-corrected chi connectivity index (χ0v) is 9.97. The van der Waals surface area contributed by atoms with E-state index in [1.807, 2.05) is 0 Å². The zero-order valence-electron chi connectivity index (χ0n) is 8.40. The van der Waals surface area contributed by atoms with E-state index < -0.39 is 10.0 Å². The van der Waals surface area contributed by atoms with Crippen molar-refractivity contribution in [3.63, 3.8) is 0 Å². The number of nitriles is 1. The maximum absolute atomic E-state index is 11.6. The molecule has 1 N–H and O–H groups in total. The SMILES string of the molecule is COc1ccc(S(=O)(=O)NCC#N)cc1Cl. The van der Waals surface area contributed by atoms with Gasteiger partial charge >= 0.3 is 0 Å². The Balaban J connectivity index is 3.06. The molecule has 0 atom stereocenters. The predicted molar refractivity (Wildman–Crippen MR) is 58.8 cm³/mol. The second-order valence-corrected chi connectivity index (χ2v) is 4.95. The van der Waals surface area contributed by atoms with Crippen molar-refractivity contribution in [1.82, 2.24) is 4.72 Å². The molecule has 0 aromatic heterocycles. The van der Waals surface area contributed by atoms with Crippen LogP contribution < -0.4 is 9.46 Å². The summed E-state index contributed by atoms with van der Waals surface area (Å²) in [5.41, 5.74) is 0. The van der Waals surface area contributed by atoms with Crippen molar-refractivity contribution in [3.05, 3.63) is 23.2 Å². The van der Waals surface area contributed by atoms with Gasteiger partial charge in [0.1, 0.15) is 5.75 Å². The highest BCUT2D eigenvalue weighted by Crippen LogP contribution is 2.26. The highest BCUT2D eigenvalue weighted by Gasteiger charge is 2.15. The molecule has 0 saturated carbocycles. The average molecular weight is 261 g/mol. The van der Waals surface area contributed by atoms with Crippen molar-refractivity contribution in [2.45, 2.75) is 4.90 Å². The second kappa shape index (κ2) is 5.16. The molecule has 86 valence electrons. The first kappa shape index (κ1) is 12.8. The lowest BCUT2D eigenvalue weighted by molar-refractivity contribution is 0.414. The summed E-state index contributed by atoms with van der Waals surface area (Å²) in [5, 5.41) is 8.49. The van der Waals surface area contributed by atoms with E-state index in [2.05, 4.69) is 4.72 Å². The van der Waals surface area contributed by atoms with Gasteiger partial charge in [-0.15, -0.1) is 0 Å². The number of methoxy groups -OCH3 is 1. The summed E-state index contributed by atoms with van der Waals surface area (Å²) < 4.78 is 30.2. The van der Waals surface area contributed by atoms with E-state index in [1.165, 1.54) is 25.3 Å². The number of sulfonamides is 1. The van der Waals surface area contributed by atoms with Crippen molar-refractivity contribution in [2.24, 2.45) is 0 Å². The molecule has 1 aromatic carbocycles. The van der Waals surface area contributed by atoms with Gasteiger partial charge in [0.15, 0.2) is 0 Å². The van der Waals surface area contributed by atoms with Gasteiger partial charge in [0.05, 0.1) is 29.6 Å². The second-order valence-electron chi connectivity index (χ2n) is 2.78. The Kier molecular flexibility index (Phi) is 4.12. The minimum atomic E-state index is -3.68. The van der Waals surface area contributed by atoms with Crippen LogP contribution in [0.2, 0.25) is 5.02 Å². The molecular weight excluding hydrogens is 252 g/mol. The van der Waals surface area contributed by atoms with Crippen LogP contribution in [0.25, 0.3) is 0 Å². The maximum atomic E-state index is 11.6. The average Bonchev–Trinajstić information content (AvgIpc) is 2.26. The van der Waals surface area contributed by atoms with Gasteiger partial charge in [-0.05, 0) is 18.2 Å². The molecule has 1 rings (SSSR count). The summed E-state index contributed by atoms with van der Waals surface area (Å²) in [6, 6.07) is 5.75. The number of halogens is 1. The van der Waals surface area contributed by atoms with Crippen LogP contribution in [0.5, 0.6) is 5.75 Å². The number of ether oxygens (including phenoxy) is 1. The van der Waals surface area contributed by atoms with Crippen LogP contribution in [-0.4, -0.2) is 22.1 Å². The fourth-order valence-electron chi connectivity index (χ4n) is 1.02. The fraction of sp³-hybridized carbons (Fsp3) is 0.222. The van der Waals surface area contributed by atoms with Crippen molar-refractivity contribution < 1.29 is 13.2 Å². The van der Waals surface area contributed by atoms with E-state index >= 15 is 0 Å². The molecule has 0 spiro atoms. The van der Waals surface area contributed by atoms with E-state index in [0.717, 1.165) is 0 Å². The maximum Gasteiger partial charge on any atom is 0.241 e. The first-order chi connectivity index (χ1) is 7.51. The number of hydrogen-bond donors (Lipinski definition) is 1. The lowest BCUT2D eigenvalue weighted by atomic mass is 10.3. The Morgan fingerprint density at radius 3 is 2.75 bits per heavy atom. The Morgan fingerprint density at radius 1 is 1.56 bits per heavy atom. The van der Waals surface area contributed by atoms with Gasteiger partial charge in [0.2, 0.25) is 10.0 Å². The van der Waals surface area contributed by atoms with E-state index in [0.29, 0.717) is 5.75 Å². The van der Waals surface area contributed by atoms with Crippen LogP contribution in [-0.2, 0) is 10.0 Å². The summed E-state index contributed by atoms with van der Waals surface area (Å²) in [6.45, 7) is -0.286. The molecule has 0 unspecified atom stereocenters. The number of rotatable bonds is 4. The third-order valence-corrected chi connectivity index (χ3v) is 3.47. The molecule has 16 heavy (non-hydrogen) atoms. The third kappa shape index (κ3) is 2.85. The number of benzene rings is 1. The highest BCUT2D eigenvalue weighted by atomic mass is 35.5. The van der Waals surface area contributed by atoms with Crippen LogP contribution >= 0.6 is 11.6 Å². The van der Waals surface area contributed by atoms with E-state index in [1.54, 1.807) is 6.07 Å². The van der Waals surface area contributed by atoms with Crippen LogP contribution in [0.3, 0.4) is 0 Å². The first-order valence-corrected chi connectivity index (χ1v) is 6.07. The molecule has 0 amide bonds. The van der Waals surface area contributed by atoms with Gasteiger partial charge in [0, 0.05) is 0 Å². The van der Waals surface area contributed by atoms with Crippen LogP contribution in [0.1, 0.15) is 0 Å². The molecule has 5 nitrogen and oxygen atoms in total. The molecule has 0 aliphatic heterocycles. The highest BCUT2D eigenvalue weighted by molar-refractivity contribution is 7.89. The summed E-state index contributed by atoms with van der Waals surface area (Å²) in [7, 11) is -2.25. The van der Waals surface area contributed by atoms with Gasteiger partial charge < -0.3 is 4.74 Å². The fourth-order valence-corrected chi connectivity index (χ4v) is 2.29. The molecule has 0 radical (unpaired) electrons. The van der Waals surface area contributed by atoms with Crippen molar-refractivity contribution in [3.8, 4) is 11.8 Å². The summed E-state index contributed by atoms with van der Waals surface area (Å²) >= 11 is 5.79.